The molecule has 3 aromatic rings. The molecule has 0 aliphatic carbocycles. The molecule has 2 heterocycles. The number of imidazole rings is 1. The summed E-state index contributed by atoms with van der Waals surface area (Å²) in [6, 6.07) is 12.1. The van der Waals surface area contributed by atoms with E-state index in [-0.39, 0.29) is 5.69 Å². The summed E-state index contributed by atoms with van der Waals surface area (Å²) in [5.41, 5.74) is 6.97. The summed E-state index contributed by atoms with van der Waals surface area (Å²) in [4.78, 5) is 15.5. The third kappa shape index (κ3) is 1.80. The molecule has 0 atom stereocenters. The van der Waals surface area contributed by atoms with Gasteiger partial charge in [-0.2, -0.15) is 0 Å². The Morgan fingerprint density at radius 2 is 1.95 bits per heavy atom. The molecule has 100 valence electrons. The van der Waals surface area contributed by atoms with Crippen molar-refractivity contribution in [2.24, 2.45) is 0 Å². The summed E-state index contributed by atoms with van der Waals surface area (Å²) in [5.74, 6) is -0.287. The lowest BCUT2D eigenvalue weighted by Gasteiger charge is -2.05. The first-order valence-electron chi connectivity index (χ1n) is 5.84. The van der Waals surface area contributed by atoms with Crippen LogP contribution in [0.1, 0.15) is 10.5 Å². The average molecular weight is 288 g/mol. The number of carboxylic acid groups (broad SMARTS) is 1. The minimum absolute atomic E-state index is 0.0489. The van der Waals surface area contributed by atoms with Crippen LogP contribution in [0.5, 0.6) is 0 Å². The van der Waals surface area contributed by atoms with Crippen LogP contribution in [0, 0.1) is 0 Å². The number of rotatable bonds is 2. The Hall–Kier alpha value is -2.53. The first-order valence-corrected chi connectivity index (χ1v) is 6.22. The van der Waals surface area contributed by atoms with Gasteiger partial charge in [-0.3, -0.25) is 4.40 Å². The number of nitrogens with two attached hydrogens (primary N) is 1. The molecule has 0 saturated carbocycles. The van der Waals surface area contributed by atoms with Crippen molar-refractivity contribution in [1.82, 2.24) is 9.38 Å². The molecule has 0 aliphatic heterocycles. The number of fused-ring (bicyclic) bond motifs is 1. The fraction of sp³-hybridized carbons (Fsp3) is 0. The van der Waals surface area contributed by atoms with Crippen molar-refractivity contribution < 1.29 is 9.90 Å². The second kappa shape index (κ2) is 4.54. The molecular formula is C14H10ClN3O2. The van der Waals surface area contributed by atoms with E-state index in [1.165, 1.54) is 0 Å². The molecular weight excluding hydrogens is 278 g/mol. The topological polar surface area (TPSA) is 80.6 Å². The van der Waals surface area contributed by atoms with Crippen molar-refractivity contribution in [2.75, 3.05) is 5.73 Å². The quantitative estimate of drug-likeness (QED) is 0.759. The first-order chi connectivity index (χ1) is 9.59. The normalized spacial score (nSPS) is 10.8. The van der Waals surface area contributed by atoms with Crippen LogP contribution < -0.4 is 5.73 Å². The molecule has 3 N–H and O–H groups in total. The van der Waals surface area contributed by atoms with Gasteiger partial charge in [-0.15, -0.1) is 0 Å². The maximum atomic E-state index is 11.3. The van der Waals surface area contributed by atoms with Crippen molar-refractivity contribution in [3.8, 4) is 11.4 Å². The van der Waals surface area contributed by atoms with Gasteiger partial charge in [-0.05, 0) is 24.3 Å². The summed E-state index contributed by atoms with van der Waals surface area (Å²) in [6.45, 7) is 0. The standard InChI is InChI=1S/C14H10ClN3O2/c15-9-5-2-1-4-8(9)13-17-12(14(19)20)10-6-3-7-11(16)18(10)13/h1-7H,16H2,(H,19,20). The van der Waals surface area contributed by atoms with Crippen LogP contribution in [0.15, 0.2) is 42.5 Å². The average Bonchev–Trinajstić information content (AvgIpc) is 2.80. The highest BCUT2D eigenvalue weighted by Gasteiger charge is 2.20. The van der Waals surface area contributed by atoms with E-state index in [9.17, 15) is 9.90 Å². The zero-order valence-electron chi connectivity index (χ0n) is 10.2. The molecule has 5 nitrogen and oxygen atoms in total. The molecule has 1 aromatic carbocycles. The second-order valence-corrected chi connectivity index (χ2v) is 4.65. The van der Waals surface area contributed by atoms with Gasteiger partial charge in [-0.1, -0.05) is 29.8 Å². The number of nitrogen functional groups attached to an aromatic ring is 1. The molecule has 0 amide bonds. The van der Waals surface area contributed by atoms with Crippen molar-refractivity contribution in [1.29, 1.82) is 0 Å². The molecule has 0 fully saturated rings. The summed E-state index contributed by atoms with van der Waals surface area (Å²) < 4.78 is 1.59. The minimum atomic E-state index is -1.11. The number of carbonyl (C=O) groups is 1. The van der Waals surface area contributed by atoms with Gasteiger partial charge in [0.1, 0.15) is 11.6 Å². The Balaban J connectivity index is 2.43. The number of nitrogens with zero attached hydrogens (tertiary/aromatic N) is 2. The van der Waals surface area contributed by atoms with E-state index >= 15 is 0 Å². The van der Waals surface area contributed by atoms with Gasteiger partial charge >= 0.3 is 5.97 Å². The van der Waals surface area contributed by atoms with Gasteiger partial charge in [0, 0.05) is 5.56 Å². The Kier molecular flexibility index (Phi) is 2.84. The predicted octanol–water partition coefficient (Wildman–Crippen LogP) is 2.94. The van der Waals surface area contributed by atoms with Gasteiger partial charge < -0.3 is 10.8 Å². The van der Waals surface area contributed by atoms with Crippen molar-refractivity contribution in [3.05, 3.63) is 53.2 Å². The molecule has 0 bridgehead atoms. The molecule has 0 saturated heterocycles. The van der Waals surface area contributed by atoms with E-state index in [4.69, 9.17) is 17.3 Å². The number of halogens is 1. The SMILES string of the molecule is Nc1cccc2c(C(=O)O)nc(-c3ccccc3Cl)n12. The van der Waals surface area contributed by atoms with E-state index in [1.807, 2.05) is 6.07 Å². The molecule has 3 rings (SSSR count). The highest BCUT2D eigenvalue weighted by Crippen LogP contribution is 2.30. The smallest absolute Gasteiger partial charge is 0.356 e. The number of hydrogen-bond acceptors (Lipinski definition) is 3. The summed E-state index contributed by atoms with van der Waals surface area (Å²) in [7, 11) is 0. The highest BCUT2D eigenvalue weighted by molar-refractivity contribution is 6.33. The minimum Gasteiger partial charge on any atom is -0.476 e. The molecule has 0 radical (unpaired) electrons. The Morgan fingerprint density at radius 1 is 1.20 bits per heavy atom. The van der Waals surface area contributed by atoms with Crippen LogP contribution in [0.25, 0.3) is 16.9 Å². The van der Waals surface area contributed by atoms with Crippen LogP contribution >= 0.6 is 11.6 Å². The van der Waals surface area contributed by atoms with Crippen LogP contribution in [0.2, 0.25) is 5.02 Å². The molecule has 0 spiro atoms. The van der Waals surface area contributed by atoms with E-state index in [0.29, 0.717) is 27.7 Å². The van der Waals surface area contributed by atoms with Crippen LogP contribution in [0.4, 0.5) is 5.82 Å². The number of carboxylic acids is 1. The van der Waals surface area contributed by atoms with E-state index in [1.54, 1.807) is 40.8 Å². The fourth-order valence-corrected chi connectivity index (χ4v) is 2.36. The van der Waals surface area contributed by atoms with Crippen LogP contribution in [0.3, 0.4) is 0 Å². The van der Waals surface area contributed by atoms with Crippen molar-refractivity contribution in [2.45, 2.75) is 0 Å². The fourth-order valence-electron chi connectivity index (χ4n) is 2.14. The van der Waals surface area contributed by atoms with Gasteiger partial charge in [0.2, 0.25) is 0 Å². The third-order valence-corrected chi connectivity index (χ3v) is 3.34. The monoisotopic (exact) mass is 287 g/mol. The van der Waals surface area contributed by atoms with Crippen LogP contribution in [-0.4, -0.2) is 20.5 Å². The Bertz CT molecular complexity index is 826. The zero-order chi connectivity index (χ0) is 14.3. The van der Waals surface area contributed by atoms with E-state index < -0.39 is 5.97 Å². The maximum Gasteiger partial charge on any atom is 0.356 e. The maximum absolute atomic E-state index is 11.3. The lowest BCUT2D eigenvalue weighted by Crippen LogP contribution is -1.99. The largest absolute Gasteiger partial charge is 0.476 e. The van der Waals surface area contributed by atoms with Gasteiger partial charge in [0.15, 0.2) is 5.69 Å². The van der Waals surface area contributed by atoms with E-state index in [0.717, 1.165) is 0 Å². The van der Waals surface area contributed by atoms with Crippen molar-refractivity contribution >= 4 is 28.9 Å². The number of aromatic carboxylic acids is 1. The van der Waals surface area contributed by atoms with E-state index in [2.05, 4.69) is 4.98 Å². The van der Waals surface area contributed by atoms with Gasteiger partial charge in [0.25, 0.3) is 0 Å². The highest BCUT2D eigenvalue weighted by atomic mass is 35.5. The summed E-state index contributed by atoms with van der Waals surface area (Å²) >= 11 is 6.16. The first kappa shape index (κ1) is 12.5. The number of hydrogen-bond donors (Lipinski definition) is 2. The lowest BCUT2D eigenvalue weighted by atomic mass is 10.2. The van der Waals surface area contributed by atoms with Gasteiger partial charge in [-0.25, -0.2) is 9.78 Å². The second-order valence-electron chi connectivity index (χ2n) is 4.24. The molecule has 6 heteroatoms. The number of aromatic nitrogens is 2. The molecule has 0 unspecified atom stereocenters. The van der Waals surface area contributed by atoms with Gasteiger partial charge in [0.05, 0.1) is 10.5 Å². The molecule has 0 aliphatic rings. The summed E-state index contributed by atoms with van der Waals surface area (Å²) in [5, 5.41) is 9.74. The lowest BCUT2D eigenvalue weighted by molar-refractivity contribution is 0.0693. The number of benzene rings is 1. The van der Waals surface area contributed by atoms with Crippen molar-refractivity contribution in [3.63, 3.8) is 0 Å². The number of anilines is 1. The number of pyridine rings is 1. The molecule has 2 aromatic heterocycles. The Morgan fingerprint density at radius 3 is 2.65 bits per heavy atom. The molecule has 20 heavy (non-hydrogen) atoms. The predicted molar refractivity (Wildman–Crippen MR) is 77.0 cm³/mol. The Labute approximate surface area is 119 Å². The third-order valence-electron chi connectivity index (χ3n) is 3.01. The zero-order valence-corrected chi connectivity index (χ0v) is 11.0. The van der Waals surface area contributed by atoms with Crippen LogP contribution in [-0.2, 0) is 0 Å². The summed E-state index contributed by atoms with van der Waals surface area (Å²) in [6.07, 6.45) is 0.